The maximum atomic E-state index is 11.4. The molecule has 1 aliphatic rings. The third-order valence-electron chi connectivity index (χ3n) is 5.62. The van der Waals surface area contributed by atoms with Gasteiger partial charge in [0.25, 0.3) is 0 Å². The molecule has 4 N–H and O–H groups in total. The maximum absolute atomic E-state index is 11.4. The second-order valence-corrected chi connectivity index (χ2v) is 7.74. The number of piperidine rings is 1. The van der Waals surface area contributed by atoms with Gasteiger partial charge in [0.1, 0.15) is 0 Å². The Kier molecular flexibility index (Phi) is 10.4. The molecule has 0 spiro atoms. The molecule has 0 bridgehead atoms. The van der Waals surface area contributed by atoms with E-state index >= 15 is 0 Å². The van der Waals surface area contributed by atoms with Gasteiger partial charge in [0.2, 0.25) is 5.91 Å². The fourth-order valence-corrected chi connectivity index (χ4v) is 4.01. The van der Waals surface area contributed by atoms with Crippen molar-refractivity contribution in [2.24, 2.45) is 16.6 Å². The first-order chi connectivity index (χ1) is 14.2. The van der Waals surface area contributed by atoms with Crippen LogP contribution in [0.3, 0.4) is 0 Å². The molecule has 1 atom stereocenters. The molecule has 166 valence electrons. The number of nitrogens with zero attached hydrogens (tertiary/aromatic N) is 3. The Morgan fingerprint density at radius 3 is 2.63 bits per heavy atom. The number of aliphatic imine (C=N–C) groups is 1. The fraction of sp³-hybridized carbons (Fsp3) is 0.545. The summed E-state index contributed by atoms with van der Waals surface area (Å²) in [5.41, 5.74) is 6.74. The van der Waals surface area contributed by atoms with E-state index in [9.17, 15) is 4.79 Å². The molecule has 1 aromatic heterocycles. The van der Waals surface area contributed by atoms with Crippen LogP contribution in [0.4, 0.5) is 0 Å². The number of para-hydroxylation sites is 1. The van der Waals surface area contributed by atoms with Crippen molar-refractivity contribution in [3.05, 3.63) is 36.5 Å². The topological polar surface area (TPSA) is 87.7 Å². The van der Waals surface area contributed by atoms with Gasteiger partial charge in [-0.1, -0.05) is 18.2 Å². The third kappa shape index (κ3) is 7.16. The van der Waals surface area contributed by atoms with Crippen LogP contribution in [0.2, 0.25) is 0 Å². The molecule has 2 aromatic rings. The highest BCUT2D eigenvalue weighted by atomic mass is 127. The first-order valence-corrected chi connectivity index (χ1v) is 10.7. The standard InChI is InChI=1S/C22H34N6O.HI/c1-24-22(25-11-5-14-27-13-4-8-19(17-27)21(23)29)26-12-6-15-28-16-10-18-7-2-3-9-20(18)28;/h2-3,7,9-10,16,19H,4-6,8,11-15,17H2,1H3,(H2,23,29)(H2,24,25,26);1H. The van der Waals surface area contributed by atoms with Crippen molar-refractivity contribution in [3.8, 4) is 0 Å². The minimum Gasteiger partial charge on any atom is -0.369 e. The van der Waals surface area contributed by atoms with Crippen LogP contribution in [-0.2, 0) is 11.3 Å². The average molecular weight is 526 g/mol. The molecule has 1 unspecified atom stereocenters. The predicted molar refractivity (Wildman–Crippen MR) is 134 cm³/mol. The number of nitrogens with two attached hydrogens (primary N) is 1. The third-order valence-corrected chi connectivity index (χ3v) is 5.62. The molecule has 0 saturated carbocycles. The molecule has 2 heterocycles. The Morgan fingerprint density at radius 1 is 1.17 bits per heavy atom. The highest BCUT2D eigenvalue weighted by Crippen LogP contribution is 2.16. The fourth-order valence-electron chi connectivity index (χ4n) is 4.01. The minimum atomic E-state index is -0.162. The second kappa shape index (κ2) is 12.8. The van der Waals surface area contributed by atoms with Crippen LogP contribution in [0, 0.1) is 5.92 Å². The number of guanidine groups is 1. The van der Waals surface area contributed by atoms with Crippen LogP contribution in [-0.4, -0.2) is 61.1 Å². The zero-order chi connectivity index (χ0) is 20.5. The van der Waals surface area contributed by atoms with Gasteiger partial charge in [0, 0.05) is 44.9 Å². The van der Waals surface area contributed by atoms with E-state index in [1.54, 1.807) is 7.05 Å². The van der Waals surface area contributed by atoms with Crippen LogP contribution >= 0.6 is 24.0 Å². The van der Waals surface area contributed by atoms with Crippen LogP contribution in [0.25, 0.3) is 10.9 Å². The van der Waals surface area contributed by atoms with Crippen molar-refractivity contribution in [1.29, 1.82) is 0 Å². The van der Waals surface area contributed by atoms with Crippen molar-refractivity contribution >= 4 is 46.7 Å². The lowest BCUT2D eigenvalue weighted by molar-refractivity contribution is -0.123. The van der Waals surface area contributed by atoms with Gasteiger partial charge in [0.15, 0.2) is 5.96 Å². The molecule has 0 aliphatic carbocycles. The molecular weight excluding hydrogens is 491 g/mol. The van der Waals surface area contributed by atoms with Gasteiger partial charge in [0.05, 0.1) is 5.92 Å². The monoisotopic (exact) mass is 526 g/mol. The number of fused-ring (bicyclic) bond motifs is 1. The Bertz CT molecular complexity index is 821. The van der Waals surface area contributed by atoms with Crippen LogP contribution < -0.4 is 16.4 Å². The Morgan fingerprint density at radius 2 is 1.90 bits per heavy atom. The summed E-state index contributed by atoms with van der Waals surface area (Å²) in [6, 6.07) is 10.6. The summed E-state index contributed by atoms with van der Waals surface area (Å²) < 4.78 is 2.30. The number of amides is 1. The number of aryl methyl sites for hydroxylation is 1. The number of nitrogens with one attached hydrogen (secondary N) is 2. The molecule has 7 nitrogen and oxygen atoms in total. The molecule has 0 radical (unpaired) electrons. The minimum absolute atomic E-state index is 0. The van der Waals surface area contributed by atoms with Gasteiger partial charge in [-0.2, -0.15) is 0 Å². The average Bonchev–Trinajstić information content (AvgIpc) is 3.16. The number of benzene rings is 1. The van der Waals surface area contributed by atoms with E-state index < -0.39 is 0 Å². The van der Waals surface area contributed by atoms with Crippen molar-refractivity contribution in [2.45, 2.75) is 32.2 Å². The Hall–Kier alpha value is -1.81. The molecule has 1 aromatic carbocycles. The smallest absolute Gasteiger partial charge is 0.221 e. The number of rotatable bonds is 9. The first kappa shape index (κ1) is 24.5. The molecule has 1 saturated heterocycles. The van der Waals surface area contributed by atoms with Crippen molar-refractivity contribution in [3.63, 3.8) is 0 Å². The van der Waals surface area contributed by atoms with E-state index in [1.807, 2.05) is 0 Å². The highest BCUT2D eigenvalue weighted by Gasteiger charge is 2.23. The van der Waals surface area contributed by atoms with Gasteiger partial charge >= 0.3 is 0 Å². The van der Waals surface area contributed by atoms with E-state index in [0.29, 0.717) is 0 Å². The first-order valence-electron chi connectivity index (χ1n) is 10.7. The normalized spacial score (nSPS) is 17.5. The lowest BCUT2D eigenvalue weighted by atomic mass is 9.97. The molecule has 1 amide bonds. The summed E-state index contributed by atoms with van der Waals surface area (Å²) in [6.07, 6.45) is 6.19. The second-order valence-electron chi connectivity index (χ2n) is 7.74. The van der Waals surface area contributed by atoms with E-state index in [1.165, 1.54) is 10.9 Å². The van der Waals surface area contributed by atoms with Gasteiger partial charge in [-0.3, -0.25) is 9.79 Å². The quantitative estimate of drug-likeness (QED) is 0.203. The lowest BCUT2D eigenvalue weighted by Gasteiger charge is -2.31. The molecule has 1 fully saturated rings. The highest BCUT2D eigenvalue weighted by molar-refractivity contribution is 14.0. The Balaban J connectivity index is 0.00000320. The summed E-state index contributed by atoms with van der Waals surface area (Å²) in [5, 5.41) is 8.06. The zero-order valence-electron chi connectivity index (χ0n) is 17.8. The summed E-state index contributed by atoms with van der Waals surface area (Å²) in [4.78, 5) is 18.0. The molecule has 1 aliphatic heterocycles. The van der Waals surface area contributed by atoms with E-state index in [-0.39, 0.29) is 35.8 Å². The summed E-state index contributed by atoms with van der Waals surface area (Å²) in [7, 11) is 1.80. The maximum Gasteiger partial charge on any atom is 0.221 e. The molecule has 3 rings (SSSR count). The summed E-state index contributed by atoms with van der Waals surface area (Å²) in [5.74, 6) is 0.699. The van der Waals surface area contributed by atoms with Crippen LogP contribution in [0.5, 0.6) is 0 Å². The van der Waals surface area contributed by atoms with E-state index in [2.05, 4.69) is 61.6 Å². The zero-order valence-corrected chi connectivity index (χ0v) is 20.2. The number of hydrogen-bond acceptors (Lipinski definition) is 3. The number of carbonyl (C=O) groups excluding carboxylic acids is 1. The van der Waals surface area contributed by atoms with Crippen LogP contribution in [0.1, 0.15) is 25.7 Å². The molecular formula is C22H35IN6O. The van der Waals surface area contributed by atoms with Gasteiger partial charge in [-0.25, -0.2) is 0 Å². The van der Waals surface area contributed by atoms with E-state index in [4.69, 9.17) is 5.73 Å². The van der Waals surface area contributed by atoms with Gasteiger partial charge < -0.3 is 25.8 Å². The van der Waals surface area contributed by atoms with Gasteiger partial charge in [-0.05, 0) is 56.3 Å². The molecule has 30 heavy (non-hydrogen) atoms. The van der Waals surface area contributed by atoms with Crippen LogP contribution in [0.15, 0.2) is 41.5 Å². The number of halogens is 1. The Labute approximate surface area is 196 Å². The number of carbonyl (C=O) groups is 1. The van der Waals surface area contributed by atoms with Crippen molar-refractivity contribution in [1.82, 2.24) is 20.1 Å². The predicted octanol–water partition coefficient (Wildman–Crippen LogP) is 2.40. The lowest BCUT2D eigenvalue weighted by Crippen LogP contribution is -2.43. The SMILES string of the molecule is CN=C(NCCCN1CCCC(C(N)=O)C1)NCCCn1ccc2ccccc21.I. The van der Waals surface area contributed by atoms with Crippen molar-refractivity contribution < 1.29 is 4.79 Å². The van der Waals surface area contributed by atoms with Crippen molar-refractivity contribution in [2.75, 3.05) is 39.8 Å². The summed E-state index contributed by atoms with van der Waals surface area (Å²) >= 11 is 0. The number of aromatic nitrogens is 1. The summed E-state index contributed by atoms with van der Waals surface area (Å²) in [6.45, 7) is 5.56. The number of likely N-dealkylation sites (tertiary alicyclic amines) is 1. The number of hydrogen-bond donors (Lipinski definition) is 3. The van der Waals surface area contributed by atoms with E-state index in [0.717, 1.165) is 70.9 Å². The van der Waals surface area contributed by atoms with Gasteiger partial charge in [-0.15, -0.1) is 24.0 Å². The number of primary amides is 1. The largest absolute Gasteiger partial charge is 0.369 e. The molecule has 8 heteroatoms.